The fraction of sp³-hybridized carbons (Fsp3) is 1.00. The number of fused-ring (bicyclic) bond motifs is 3. The minimum atomic E-state index is -0.390. The maximum atomic E-state index is 6.23. The maximum absolute atomic E-state index is 6.23. The first kappa shape index (κ1) is 16.3. The number of unbranched alkanes of at least 4 members (excludes halogenated alkanes) is 4. The molecule has 3 aliphatic rings. The van der Waals surface area contributed by atoms with Crippen LogP contribution in [-0.4, -0.2) is 37.1 Å². The maximum Gasteiger partial charge on any atom is 0.230 e. The summed E-state index contributed by atoms with van der Waals surface area (Å²) in [5.74, 6) is -0.390. The molecule has 3 fully saturated rings. The van der Waals surface area contributed by atoms with Crippen molar-refractivity contribution in [1.82, 2.24) is 4.90 Å². The van der Waals surface area contributed by atoms with Crippen LogP contribution in [0.1, 0.15) is 72.1 Å². The number of hydrogen-bond donors (Lipinski definition) is 0. The van der Waals surface area contributed by atoms with E-state index in [0.29, 0.717) is 0 Å². The molecule has 3 nitrogen and oxygen atoms in total. The molecule has 0 N–H and O–H groups in total. The van der Waals surface area contributed by atoms with Gasteiger partial charge in [0.25, 0.3) is 0 Å². The molecule has 20 heavy (non-hydrogen) atoms. The van der Waals surface area contributed by atoms with Crippen molar-refractivity contribution in [3.05, 3.63) is 0 Å². The van der Waals surface area contributed by atoms with Gasteiger partial charge in [0.05, 0.1) is 13.2 Å². The molecule has 3 heteroatoms. The Morgan fingerprint density at radius 2 is 1.60 bits per heavy atom. The van der Waals surface area contributed by atoms with E-state index in [1.54, 1.807) is 0 Å². The van der Waals surface area contributed by atoms with Crippen molar-refractivity contribution in [2.75, 3.05) is 26.3 Å². The van der Waals surface area contributed by atoms with Gasteiger partial charge in [-0.3, -0.25) is 4.90 Å². The molecule has 0 radical (unpaired) electrons. The first-order valence-electron chi connectivity index (χ1n) is 8.73. The molecule has 0 aromatic carbocycles. The van der Waals surface area contributed by atoms with E-state index < -0.39 is 0 Å². The molecule has 0 spiro atoms. The molecular weight excluding hydrogens is 250 g/mol. The van der Waals surface area contributed by atoms with E-state index in [1.807, 2.05) is 0 Å². The van der Waals surface area contributed by atoms with Crippen LogP contribution in [0.5, 0.6) is 0 Å². The standard InChI is InChI=1S/C17H33NO2/c1-4-7-9-10-12-18-13-16(6-3)14-19-17(18,20-15-16)11-8-5-2/h4-15H2,1-3H3. The number of nitrogens with zero attached hydrogens (tertiary/aromatic N) is 1. The van der Waals surface area contributed by atoms with Crippen molar-refractivity contribution >= 4 is 0 Å². The Labute approximate surface area is 125 Å². The Bertz CT molecular complexity index is 285. The van der Waals surface area contributed by atoms with Gasteiger partial charge in [0.1, 0.15) is 0 Å². The van der Waals surface area contributed by atoms with E-state index in [-0.39, 0.29) is 11.3 Å². The molecule has 3 rings (SSSR count). The lowest BCUT2D eigenvalue weighted by atomic mass is 9.82. The van der Waals surface area contributed by atoms with Crippen LogP contribution in [0.25, 0.3) is 0 Å². The second-order valence-corrected chi connectivity index (χ2v) is 6.73. The monoisotopic (exact) mass is 283 g/mol. The van der Waals surface area contributed by atoms with Gasteiger partial charge in [-0.25, -0.2) is 0 Å². The third kappa shape index (κ3) is 3.37. The van der Waals surface area contributed by atoms with Gasteiger partial charge in [-0.2, -0.15) is 0 Å². The summed E-state index contributed by atoms with van der Waals surface area (Å²) in [4.78, 5) is 2.51. The summed E-state index contributed by atoms with van der Waals surface area (Å²) < 4.78 is 12.5. The van der Waals surface area contributed by atoms with Crippen molar-refractivity contribution in [3.8, 4) is 0 Å². The Kier molecular flexibility index (Phi) is 5.88. The molecule has 0 aromatic rings. The SMILES string of the molecule is CCCCCCN1CC2(CC)COC1(CCCC)OC2. The molecule has 0 aromatic heterocycles. The minimum Gasteiger partial charge on any atom is -0.336 e. The predicted molar refractivity (Wildman–Crippen MR) is 82.6 cm³/mol. The van der Waals surface area contributed by atoms with Crippen LogP contribution in [0.3, 0.4) is 0 Å². The van der Waals surface area contributed by atoms with Gasteiger partial charge < -0.3 is 9.47 Å². The van der Waals surface area contributed by atoms with E-state index in [1.165, 1.54) is 45.1 Å². The van der Waals surface area contributed by atoms with Crippen LogP contribution in [0, 0.1) is 5.41 Å². The Morgan fingerprint density at radius 1 is 0.900 bits per heavy atom. The summed E-state index contributed by atoms with van der Waals surface area (Å²) in [5, 5.41) is 0. The van der Waals surface area contributed by atoms with Gasteiger partial charge in [-0.05, 0) is 19.3 Å². The van der Waals surface area contributed by atoms with Crippen molar-refractivity contribution in [1.29, 1.82) is 0 Å². The van der Waals surface area contributed by atoms with E-state index in [4.69, 9.17) is 9.47 Å². The number of rotatable bonds is 9. The number of hydrogen-bond acceptors (Lipinski definition) is 3. The summed E-state index contributed by atoms with van der Waals surface area (Å²) in [7, 11) is 0. The third-order valence-corrected chi connectivity index (χ3v) is 5.09. The summed E-state index contributed by atoms with van der Waals surface area (Å²) in [6, 6.07) is 0. The Hall–Kier alpha value is -0.120. The fourth-order valence-corrected chi connectivity index (χ4v) is 3.41. The average Bonchev–Trinajstić information content (AvgIpc) is 2.51. The van der Waals surface area contributed by atoms with Crippen LogP contribution in [0.4, 0.5) is 0 Å². The highest BCUT2D eigenvalue weighted by Gasteiger charge is 2.54. The van der Waals surface area contributed by atoms with Crippen molar-refractivity contribution in [2.24, 2.45) is 5.41 Å². The van der Waals surface area contributed by atoms with Crippen LogP contribution < -0.4 is 0 Å². The van der Waals surface area contributed by atoms with Crippen molar-refractivity contribution in [2.45, 2.75) is 78.0 Å². The quantitative estimate of drug-likeness (QED) is 0.593. The van der Waals surface area contributed by atoms with Gasteiger partial charge in [-0.15, -0.1) is 0 Å². The van der Waals surface area contributed by atoms with E-state index in [2.05, 4.69) is 25.7 Å². The van der Waals surface area contributed by atoms with Crippen molar-refractivity contribution < 1.29 is 9.47 Å². The summed E-state index contributed by atoms with van der Waals surface area (Å²) in [6.07, 6.45) is 9.81. The minimum absolute atomic E-state index is 0.249. The highest BCUT2D eigenvalue weighted by Crippen LogP contribution is 2.44. The van der Waals surface area contributed by atoms with Crippen LogP contribution in [0.15, 0.2) is 0 Å². The highest BCUT2D eigenvalue weighted by atomic mass is 16.7. The lowest BCUT2D eigenvalue weighted by Crippen LogP contribution is -2.69. The van der Waals surface area contributed by atoms with Crippen LogP contribution in [-0.2, 0) is 9.47 Å². The third-order valence-electron chi connectivity index (χ3n) is 5.09. The molecule has 118 valence electrons. The van der Waals surface area contributed by atoms with Gasteiger partial charge in [0, 0.05) is 24.9 Å². The highest BCUT2D eigenvalue weighted by molar-refractivity contribution is 4.95. The number of ether oxygens (including phenoxy) is 2. The average molecular weight is 283 g/mol. The molecule has 3 saturated heterocycles. The van der Waals surface area contributed by atoms with Crippen LogP contribution in [0.2, 0.25) is 0 Å². The fourth-order valence-electron chi connectivity index (χ4n) is 3.41. The van der Waals surface area contributed by atoms with E-state index >= 15 is 0 Å². The molecule has 0 atom stereocenters. The molecule has 0 saturated carbocycles. The molecule has 0 unspecified atom stereocenters. The van der Waals surface area contributed by atoms with E-state index in [9.17, 15) is 0 Å². The molecule has 3 aliphatic heterocycles. The normalized spacial score (nSPS) is 33.8. The first-order chi connectivity index (χ1) is 9.70. The second kappa shape index (κ2) is 7.24. The van der Waals surface area contributed by atoms with Crippen LogP contribution >= 0.6 is 0 Å². The zero-order chi connectivity index (χ0) is 14.5. The molecular formula is C17H33NO2. The largest absolute Gasteiger partial charge is 0.336 e. The van der Waals surface area contributed by atoms with Gasteiger partial charge in [-0.1, -0.05) is 46.5 Å². The Balaban J connectivity index is 1.96. The van der Waals surface area contributed by atoms with Gasteiger partial charge >= 0.3 is 0 Å². The zero-order valence-electron chi connectivity index (χ0n) is 13.7. The summed E-state index contributed by atoms with van der Waals surface area (Å²) in [6.45, 7) is 10.8. The predicted octanol–water partition coefficient (Wildman–Crippen LogP) is 4.17. The molecule has 3 heterocycles. The molecule has 0 aliphatic carbocycles. The van der Waals surface area contributed by atoms with Gasteiger partial charge in [0.2, 0.25) is 5.91 Å². The van der Waals surface area contributed by atoms with Crippen molar-refractivity contribution in [3.63, 3.8) is 0 Å². The van der Waals surface area contributed by atoms with E-state index in [0.717, 1.165) is 32.6 Å². The summed E-state index contributed by atoms with van der Waals surface area (Å²) in [5.41, 5.74) is 0.249. The molecule has 2 bridgehead atoms. The Morgan fingerprint density at radius 3 is 2.20 bits per heavy atom. The zero-order valence-corrected chi connectivity index (χ0v) is 13.7. The molecule has 0 amide bonds. The topological polar surface area (TPSA) is 21.7 Å². The lowest BCUT2D eigenvalue weighted by Gasteiger charge is -2.58. The first-order valence-corrected chi connectivity index (χ1v) is 8.73. The summed E-state index contributed by atoms with van der Waals surface area (Å²) >= 11 is 0. The smallest absolute Gasteiger partial charge is 0.230 e. The van der Waals surface area contributed by atoms with Gasteiger partial charge in [0.15, 0.2) is 0 Å². The lowest BCUT2D eigenvalue weighted by molar-refractivity contribution is -0.412. The second-order valence-electron chi connectivity index (χ2n) is 6.73.